The number of carbonyl (C=O) groups is 1. The normalized spacial score (nSPS) is 11.2. The molecule has 0 aliphatic heterocycles. The van der Waals surface area contributed by atoms with E-state index in [0.29, 0.717) is 11.6 Å². The summed E-state index contributed by atoms with van der Waals surface area (Å²) in [5, 5.41) is 3.22. The number of benzene rings is 2. The number of thiazole rings is 1. The van der Waals surface area contributed by atoms with Crippen LogP contribution in [0.25, 0.3) is 0 Å². The van der Waals surface area contributed by atoms with Gasteiger partial charge in [0.15, 0.2) is 5.13 Å². The summed E-state index contributed by atoms with van der Waals surface area (Å²) < 4.78 is 45.5. The van der Waals surface area contributed by atoms with E-state index in [1.807, 2.05) is 12.1 Å². The lowest BCUT2D eigenvalue weighted by Gasteiger charge is -2.08. The summed E-state index contributed by atoms with van der Waals surface area (Å²) in [7, 11) is 1.58. The van der Waals surface area contributed by atoms with Crippen LogP contribution in [0, 0.1) is 0 Å². The Bertz CT molecular complexity index is 954. The highest BCUT2D eigenvalue weighted by Crippen LogP contribution is 2.25. The molecular formula is C20H17F3N2O3S. The van der Waals surface area contributed by atoms with Gasteiger partial charge in [-0.25, -0.2) is 4.98 Å². The van der Waals surface area contributed by atoms with Crippen LogP contribution in [0.5, 0.6) is 11.5 Å². The van der Waals surface area contributed by atoms with Crippen molar-refractivity contribution in [2.24, 2.45) is 0 Å². The van der Waals surface area contributed by atoms with Crippen molar-refractivity contribution >= 4 is 22.4 Å². The second-order valence-electron chi connectivity index (χ2n) is 6.07. The van der Waals surface area contributed by atoms with Gasteiger partial charge in [-0.1, -0.05) is 24.3 Å². The molecule has 0 unspecified atom stereocenters. The Kier molecular flexibility index (Phi) is 6.38. The number of hydrogen-bond acceptors (Lipinski definition) is 5. The van der Waals surface area contributed by atoms with Crippen LogP contribution in [0.1, 0.15) is 16.0 Å². The van der Waals surface area contributed by atoms with E-state index in [1.165, 1.54) is 23.5 Å². The Hall–Kier alpha value is -3.07. The molecule has 5 nitrogen and oxygen atoms in total. The van der Waals surface area contributed by atoms with Crippen molar-refractivity contribution in [3.8, 4) is 11.5 Å². The summed E-state index contributed by atoms with van der Waals surface area (Å²) in [6.07, 6.45) is -2.39. The van der Waals surface area contributed by atoms with Crippen molar-refractivity contribution in [1.29, 1.82) is 0 Å². The molecule has 0 saturated carbocycles. The Morgan fingerprint density at radius 1 is 1.03 bits per heavy atom. The Balaban J connectivity index is 1.54. The third-order valence-corrected chi connectivity index (χ3v) is 4.77. The largest absolute Gasteiger partial charge is 0.573 e. The van der Waals surface area contributed by atoms with Crippen LogP contribution in [0.3, 0.4) is 0 Å². The predicted octanol–water partition coefficient (Wildman–Crippen LogP) is 4.82. The highest BCUT2D eigenvalue weighted by molar-refractivity contribution is 7.15. The number of halogens is 3. The number of aromatic nitrogens is 1. The van der Waals surface area contributed by atoms with E-state index in [4.69, 9.17) is 4.74 Å². The SMILES string of the molecule is COc1ccc(CC(=O)Nc2ncc(Cc3ccc(OC(F)(F)F)cc3)s2)cc1. The molecule has 0 bridgehead atoms. The van der Waals surface area contributed by atoms with E-state index in [9.17, 15) is 18.0 Å². The Morgan fingerprint density at radius 3 is 2.28 bits per heavy atom. The molecule has 3 aromatic rings. The third kappa shape index (κ3) is 6.49. The molecule has 1 amide bonds. The zero-order chi connectivity index (χ0) is 20.9. The molecule has 0 radical (unpaired) electrons. The minimum atomic E-state index is -4.71. The summed E-state index contributed by atoms with van der Waals surface area (Å²) >= 11 is 1.31. The summed E-state index contributed by atoms with van der Waals surface area (Å²) in [5.41, 5.74) is 1.65. The third-order valence-electron chi connectivity index (χ3n) is 3.86. The van der Waals surface area contributed by atoms with E-state index in [0.717, 1.165) is 21.8 Å². The van der Waals surface area contributed by atoms with E-state index in [2.05, 4.69) is 15.0 Å². The second-order valence-corrected chi connectivity index (χ2v) is 7.19. The first-order valence-corrected chi connectivity index (χ1v) is 9.34. The zero-order valence-corrected chi connectivity index (χ0v) is 16.1. The minimum absolute atomic E-state index is 0.190. The molecule has 0 aliphatic rings. The average Bonchev–Trinajstić information content (AvgIpc) is 3.09. The molecule has 1 N–H and O–H groups in total. The molecule has 1 heterocycles. The average molecular weight is 422 g/mol. The quantitative estimate of drug-likeness (QED) is 0.593. The van der Waals surface area contributed by atoms with Crippen molar-refractivity contribution < 1.29 is 27.4 Å². The number of carbonyl (C=O) groups excluding carboxylic acids is 1. The number of alkyl halides is 3. The van der Waals surface area contributed by atoms with Gasteiger partial charge < -0.3 is 14.8 Å². The fraction of sp³-hybridized carbons (Fsp3) is 0.200. The summed E-state index contributed by atoms with van der Waals surface area (Å²) in [5.74, 6) is 0.262. The first kappa shape index (κ1) is 20.7. The maximum atomic E-state index is 12.2. The van der Waals surface area contributed by atoms with Crippen molar-refractivity contribution in [3.05, 3.63) is 70.7 Å². The zero-order valence-electron chi connectivity index (χ0n) is 15.3. The number of rotatable bonds is 7. The smallest absolute Gasteiger partial charge is 0.497 e. The summed E-state index contributed by atoms with van der Waals surface area (Å²) in [6.45, 7) is 0. The van der Waals surface area contributed by atoms with E-state index >= 15 is 0 Å². The molecular weight excluding hydrogens is 405 g/mol. The van der Waals surface area contributed by atoms with E-state index < -0.39 is 6.36 Å². The van der Waals surface area contributed by atoms with Gasteiger partial charge in [0.25, 0.3) is 0 Å². The molecule has 9 heteroatoms. The lowest BCUT2D eigenvalue weighted by Crippen LogP contribution is -2.17. The summed E-state index contributed by atoms with van der Waals surface area (Å²) in [6, 6.07) is 12.9. The fourth-order valence-electron chi connectivity index (χ4n) is 2.55. The maximum absolute atomic E-state index is 12.2. The molecule has 1 aromatic heterocycles. The number of ether oxygens (including phenoxy) is 2. The minimum Gasteiger partial charge on any atom is -0.497 e. The van der Waals surface area contributed by atoms with Crippen molar-refractivity contribution in [3.63, 3.8) is 0 Å². The monoisotopic (exact) mass is 422 g/mol. The van der Waals surface area contributed by atoms with Crippen LogP contribution < -0.4 is 14.8 Å². The van der Waals surface area contributed by atoms with Gasteiger partial charge in [0, 0.05) is 17.5 Å². The Labute approximate surface area is 169 Å². The molecule has 0 fully saturated rings. The molecule has 152 valence electrons. The van der Waals surface area contributed by atoms with Crippen LogP contribution in [0.2, 0.25) is 0 Å². The van der Waals surface area contributed by atoms with Crippen LogP contribution in [-0.4, -0.2) is 24.4 Å². The molecule has 0 saturated heterocycles. The number of methoxy groups -OCH3 is 1. The first-order chi connectivity index (χ1) is 13.8. The van der Waals surface area contributed by atoms with Gasteiger partial charge in [0.1, 0.15) is 11.5 Å². The molecule has 3 rings (SSSR count). The maximum Gasteiger partial charge on any atom is 0.573 e. The van der Waals surface area contributed by atoms with Gasteiger partial charge in [0.2, 0.25) is 5.91 Å². The first-order valence-electron chi connectivity index (χ1n) is 8.53. The summed E-state index contributed by atoms with van der Waals surface area (Å²) in [4.78, 5) is 17.2. The number of nitrogens with one attached hydrogen (secondary N) is 1. The van der Waals surface area contributed by atoms with Gasteiger partial charge in [-0.3, -0.25) is 4.79 Å². The van der Waals surface area contributed by atoms with Crippen molar-refractivity contribution in [2.45, 2.75) is 19.2 Å². The lowest BCUT2D eigenvalue weighted by molar-refractivity contribution is -0.274. The molecule has 0 aliphatic carbocycles. The van der Waals surface area contributed by atoms with Crippen LogP contribution >= 0.6 is 11.3 Å². The number of hydrogen-bond donors (Lipinski definition) is 1. The van der Waals surface area contributed by atoms with Crippen molar-refractivity contribution in [1.82, 2.24) is 4.98 Å². The highest BCUT2D eigenvalue weighted by atomic mass is 32.1. The van der Waals surface area contributed by atoms with Gasteiger partial charge in [-0.2, -0.15) is 0 Å². The topological polar surface area (TPSA) is 60.5 Å². The number of nitrogens with zero attached hydrogens (tertiary/aromatic N) is 1. The van der Waals surface area contributed by atoms with Gasteiger partial charge in [0.05, 0.1) is 13.5 Å². The fourth-order valence-corrected chi connectivity index (χ4v) is 3.41. The van der Waals surface area contributed by atoms with Gasteiger partial charge in [-0.15, -0.1) is 24.5 Å². The number of amides is 1. The predicted molar refractivity (Wildman–Crippen MR) is 103 cm³/mol. The molecule has 29 heavy (non-hydrogen) atoms. The molecule has 2 aromatic carbocycles. The standard InChI is InChI=1S/C20H17F3N2O3S/c1-27-15-6-2-14(3-7-15)11-18(26)25-19-24-12-17(29-19)10-13-4-8-16(9-5-13)28-20(21,22)23/h2-9,12H,10-11H2,1H3,(H,24,25,26). The van der Waals surface area contributed by atoms with Crippen LogP contribution in [0.4, 0.5) is 18.3 Å². The number of anilines is 1. The lowest BCUT2D eigenvalue weighted by atomic mass is 10.1. The second kappa shape index (κ2) is 8.95. The van der Waals surface area contributed by atoms with Gasteiger partial charge >= 0.3 is 6.36 Å². The Morgan fingerprint density at radius 2 is 1.66 bits per heavy atom. The molecule has 0 spiro atoms. The molecule has 0 atom stereocenters. The van der Waals surface area contributed by atoms with E-state index in [1.54, 1.807) is 37.6 Å². The van der Waals surface area contributed by atoms with E-state index in [-0.39, 0.29) is 18.1 Å². The van der Waals surface area contributed by atoms with Crippen LogP contribution in [0.15, 0.2) is 54.7 Å². The van der Waals surface area contributed by atoms with Crippen molar-refractivity contribution in [2.75, 3.05) is 12.4 Å². The van der Waals surface area contributed by atoms with Gasteiger partial charge in [-0.05, 0) is 35.4 Å². The highest BCUT2D eigenvalue weighted by Gasteiger charge is 2.30. The van der Waals surface area contributed by atoms with Crippen LogP contribution in [-0.2, 0) is 17.6 Å².